The topological polar surface area (TPSA) is 6.48 Å². The Labute approximate surface area is 111 Å². The fourth-order valence-corrected chi connectivity index (χ4v) is 3.34. The molecular formula is C16H24N2. The van der Waals surface area contributed by atoms with Crippen LogP contribution in [0.5, 0.6) is 0 Å². The van der Waals surface area contributed by atoms with Gasteiger partial charge in [-0.3, -0.25) is 0 Å². The van der Waals surface area contributed by atoms with Gasteiger partial charge in [-0.1, -0.05) is 17.7 Å². The van der Waals surface area contributed by atoms with Crippen LogP contribution in [0.2, 0.25) is 0 Å². The fourth-order valence-electron chi connectivity index (χ4n) is 3.34. The number of nitrogens with zero attached hydrogens (tertiary/aromatic N) is 2. The number of benzene rings is 1. The van der Waals surface area contributed by atoms with Crippen LogP contribution < -0.4 is 4.90 Å². The number of piperidine rings is 1. The van der Waals surface area contributed by atoms with E-state index in [1.165, 1.54) is 62.3 Å². The summed E-state index contributed by atoms with van der Waals surface area (Å²) in [6.45, 7) is 9.55. The Balaban J connectivity index is 1.64. The molecule has 2 heteroatoms. The number of anilines is 1. The van der Waals surface area contributed by atoms with Gasteiger partial charge in [0.2, 0.25) is 0 Å². The van der Waals surface area contributed by atoms with Crippen molar-refractivity contribution in [2.45, 2.75) is 39.2 Å². The van der Waals surface area contributed by atoms with Gasteiger partial charge in [0, 0.05) is 24.8 Å². The molecular weight excluding hydrogens is 220 g/mol. The second kappa shape index (κ2) is 4.93. The van der Waals surface area contributed by atoms with E-state index in [4.69, 9.17) is 0 Å². The molecule has 0 atom stereocenters. The summed E-state index contributed by atoms with van der Waals surface area (Å²) in [5.74, 6) is 0. The van der Waals surface area contributed by atoms with Gasteiger partial charge in [0.05, 0.1) is 0 Å². The average Bonchev–Trinajstić information content (AvgIpc) is 2.28. The molecule has 0 aromatic heterocycles. The van der Waals surface area contributed by atoms with Gasteiger partial charge in [-0.2, -0.15) is 0 Å². The maximum Gasteiger partial charge on any atom is 0.0396 e. The van der Waals surface area contributed by atoms with Crippen LogP contribution in [-0.4, -0.2) is 37.1 Å². The molecule has 2 nitrogen and oxygen atoms in total. The molecule has 0 saturated carbocycles. The van der Waals surface area contributed by atoms with Crippen LogP contribution in [0.3, 0.4) is 0 Å². The van der Waals surface area contributed by atoms with E-state index in [1.54, 1.807) is 0 Å². The van der Waals surface area contributed by atoms with Crippen LogP contribution in [0.15, 0.2) is 18.2 Å². The number of hydrogen-bond acceptors (Lipinski definition) is 2. The highest BCUT2D eigenvalue weighted by atomic mass is 15.2. The van der Waals surface area contributed by atoms with Gasteiger partial charge < -0.3 is 9.80 Å². The minimum atomic E-state index is 0.862. The summed E-state index contributed by atoms with van der Waals surface area (Å²) in [5, 5.41) is 0. The number of rotatable bonds is 2. The Morgan fingerprint density at radius 1 is 1.00 bits per heavy atom. The molecule has 0 bridgehead atoms. The van der Waals surface area contributed by atoms with Gasteiger partial charge in [-0.05, 0) is 57.8 Å². The molecule has 0 spiro atoms. The minimum absolute atomic E-state index is 0.862. The zero-order valence-corrected chi connectivity index (χ0v) is 11.7. The van der Waals surface area contributed by atoms with Crippen LogP contribution in [0, 0.1) is 13.8 Å². The van der Waals surface area contributed by atoms with E-state index in [9.17, 15) is 0 Å². The van der Waals surface area contributed by atoms with Crippen molar-refractivity contribution in [1.82, 2.24) is 4.90 Å². The lowest BCUT2D eigenvalue weighted by Gasteiger charge is -2.43. The largest absolute Gasteiger partial charge is 0.371 e. The average molecular weight is 244 g/mol. The van der Waals surface area contributed by atoms with E-state index in [-0.39, 0.29) is 0 Å². The number of likely N-dealkylation sites (tertiary alicyclic amines) is 1. The molecule has 0 aliphatic carbocycles. The molecule has 0 amide bonds. The summed E-state index contributed by atoms with van der Waals surface area (Å²) in [6.07, 6.45) is 4.10. The highest BCUT2D eigenvalue weighted by molar-refractivity contribution is 5.54. The molecule has 1 aromatic carbocycles. The van der Waals surface area contributed by atoms with E-state index >= 15 is 0 Å². The fraction of sp³-hybridized carbons (Fsp3) is 0.625. The van der Waals surface area contributed by atoms with E-state index in [0.717, 1.165) is 6.04 Å². The Hall–Kier alpha value is -1.02. The van der Waals surface area contributed by atoms with E-state index < -0.39 is 0 Å². The molecule has 2 aliphatic rings. The van der Waals surface area contributed by atoms with Crippen LogP contribution >= 0.6 is 0 Å². The minimum Gasteiger partial charge on any atom is -0.371 e. The lowest BCUT2D eigenvalue weighted by atomic mass is 9.98. The van der Waals surface area contributed by atoms with Crippen molar-refractivity contribution in [3.05, 3.63) is 29.3 Å². The van der Waals surface area contributed by atoms with Gasteiger partial charge in [0.1, 0.15) is 0 Å². The van der Waals surface area contributed by atoms with Crippen molar-refractivity contribution in [3.63, 3.8) is 0 Å². The Bertz CT molecular complexity index is 415. The Morgan fingerprint density at radius 2 is 1.72 bits per heavy atom. The maximum absolute atomic E-state index is 2.67. The lowest BCUT2D eigenvalue weighted by molar-refractivity contribution is 0.100. The summed E-state index contributed by atoms with van der Waals surface area (Å²) in [6, 6.07) is 7.70. The predicted molar refractivity (Wildman–Crippen MR) is 77.3 cm³/mol. The van der Waals surface area contributed by atoms with Crippen molar-refractivity contribution in [2.24, 2.45) is 0 Å². The van der Waals surface area contributed by atoms with Gasteiger partial charge in [-0.25, -0.2) is 0 Å². The Morgan fingerprint density at radius 3 is 2.28 bits per heavy atom. The van der Waals surface area contributed by atoms with Crippen molar-refractivity contribution < 1.29 is 0 Å². The SMILES string of the molecule is Cc1ccc(N2CCC(N3CCC3)CC2)c(C)c1. The second-order valence-corrected chi connectivity index (χ2v) is 5.90. The zero-order valence-electron chi connectivity index (χ0n) is 11.7. The molecule has 98 valence electrons. The summed E-state index contributed by atoms with van der Waals surface area (Å²) in [7, 11) is 0. The third kappa shape index (κ3) is 2.26. The first kappa shape index (κ1) is 12.0. The smallest absolute Gasteiger partial charge is 0.0396 e. The van der Waals surface area contributed by atoms with Crippen LogP contribution in [0.25, 0.3) is 0 Å². The molecule has 18 heavy (non-hydrogen) atoms. The standard InChI is InChI=1S/C16H24N2/c1-13-4-5-16(14(2)12-13)18-10-6-15(7-11-18)17-8-3-9-17/h4-5,12,15H,3,6-11H2,1-2H3. The maximum atomic E-state index is 2.67. The second-order valence-electron chi connectivity index (χ2n) is 5.90. The van der Waals surface area contributed by atoms with Gasteiger partial charge in [-0.15, -0.1) is 0 Å². The lowest BCUT2D eigenvalue weighted by Crippen LogP contribution is -2.50. The van der Waals surface area contributed by atoms with Crippen molar-refractivity contribution in [3.8, 4) is 0 Å². The van der Waals surface area contributed by atoms with Crippen LogP contribution in [0.4, 0.5) is 5.69 Å². The third-order valence-corrected chi connectivity index (χ3v) is 4.56. The summed E-state index contributed by atoms with van der Waals surface area (Å²) < 4.78 is 0. The van der Waals surface area contributed by atoms with E-state index in [1.807, 2.05) is 0 Å². The van der Waals surface area contributed by atoms with Crippen molar-refractivity contribution >= 4 is 5.69 Å². The van der Waals surface area contributed by atoms with Gasteiger partial charge in [0.15, 0.2) is 0 Å². The molecule has 2 heterocycles. The monoisotopic (exact) mass is 244 g/mol. The molecule has 1 aromatic rings. The molecule has 3 rings (SSSR count). The van der Waals surface area contributed by atoms with E-state index in [0.29, 0.717) is 0 Å². The normalized spacial score (nSPS) is 22.0. The molecule has 2 fully saturated rings. The highest BCUT2D eigenvalue weighted by Crippen LogP contribution is 2.27. The van der Waals surface area contributed by atoms with E-state index in [2.05, 4.69) is 41.8 Å². The summed E-state index contributed by atoms with van der Waals surface area (Å²) in [4.78, 5) is 5.24. The summed E-state index contributed by atoms with van der Waals surface area (Å²) in [5.41, 5.74) is 4.24. The van der Waals surface area contributed by atoms with Gasteiger partial charge >= 0.3 is 0 Å². The van der Waals surface area contributed by atoms with Crippen LogP contribution in [0.1, 0.15) is 30.4 Å². The summed E-state index contributed by atoms with van der Waals surface area (Å²) >= 11 is 0. The highest BCUT2D eigenvalue weighted by Gasteiger charge is 2.28. The number of hydrogen-bond donors (Lipinski definition) is 0. The first-order valence-corrected chi connectivity index (χ1v) is 7.30. The zero-order chi connectivity index (χ0) is 12.5. The van der Waals surface area contributed by atoms with Gasteiger partial charge in [0.25, 0.3) is 0 Å². The molecule has 2 saturated heterocycles. The predicted octanol–water partition coefficient (Wildman–Crippen LogP) is 2.98. The Kier molecular flexibility index (Phi) is 3.29. The van der Waals surface area contributed by atoms with Crippen molar-refractivity contribution in [1.29, 1.82) is 0 Å². The first-order chi connectivity index (χ1) is 8.74. The first-order valence-electron chi connectivity index (χ1n) is 7.30. The molecule has 0 radical (unpaired) electrons. The molecule has 0 unspecified atom stereocenters. The molecule has 0 N–H and O–H groups in total. The quantitative estimate of drug-likeness (QED) is 0.789. The van der Waals surface area contributed by atoms with Crippen LogP contribution in [-0.2, 0) is 0 Å². The van der Waals surface area contributed by atoms with Crippen molar-refractivity contribution in [2.75, 3.05) is 31.1 Å². The third-order valence-electron chi connectivity index (χ3n) is 4.56. The number of aryl methyl sites for hydroxylation is 2. The molecule has 2 aliphatic heterocycles.